The highest BCUT2D eigenvalue weighted by molar-refractivity contribution is 7.03. The number of rotatable bonds is 7. The maximum Gasteiger partial charge on any atom is 0.128 e. The number of halogens is 6. The molecule has 132 valence electrons. The monoisotopic (exact) mass is 355 g/mol. The van der Waals surface area contributed by atoms with E-state index in [1.165, 1.54) is 36.2 Å². The summed E-state index contributed by atoms with van der Waals surface area (Å²) in [6.07, 6.45) is 4.51. The molecule has 0 radical (unpaired) electrons. The Morgan fingerprint density at radius 3 is 1.28 bits per heavy atom. The fraction of sp³-hybridized carbons (Fsp3) is 0. The molecule has 1 rings (SSSR count). The first-order chi connectivity index (χ1) is 12.0. The van der Waals surface area contributed by atoms with Gasteiger partial charge in [-0.2, -0.15) is 0 Å². The molecule has 7 heteroatoms. The van der Waals surface area contributed by atoms with Crippen LogP contribution < -0.4 is 5.46 Å². The van der Waals surface area contributed by atoms with Crippen LogP contribution in [-0.2, 0) is 0 Å². The van der Waals surface area contributed by atoms with Gasteiger partial charge >= 0.3 is 0 Å². The van der Waals surface area contributed by atoms with Crippen molar-refractivity contribution in [1.82, 2.24) is 0 Å². The largest absolute Gasteiger partial charge is 0.232 e. The van der Waals surface area contributed by atoms with E-state index >= 15 is 0 Å². The Bertz CT molecular complexity index is 666. The summed E-state index contributed by atoms with van der Waals surface area (Å²) in [6.45, 7) is 0. The Kier molecular flexibility index (Phi) is 8.33. The minimum absolute atomic E-state index is 0.199. The number of allylic oxidation sites excluding steroid dienone is 6. The highest BCUT2D eigenvalue weighted by Crippen LogP contribution is 2.17. The zero-order chi connectivity index (χ0) is 18.7. The van der Waals surface area contributed by atoms with Crippen LogP contribution in [0.3, 0.4) is 0 Å². The van der Waals surface area contributed by atoms with Crippen LogP contribution >= 0.6 is 0 Å². The van der Waals surface area contributed by atoms with Crippen molar-refractivity contribution in [2.45, 2.75) is 0 Å². The van der Waals surface area contributed by atoms with E-state index in [1.54, 1.807) is 0 Å². The molecule has 0 fully saturated rings. The molecule has 0 heterocycles. The molecule has 0 nitrogen and oxygen atoms in total. The second kappa shape index (κ2) is 10.2. The Hall–Kier alpha value is -2.70. The van der Waals surface area contributed by atoms with E-state index in [9.17, 15) is 26.3 Å². The van der Waals surface area contributed by atoms with Gasteiger partial charge in [-0.05, 0) is 18.2 Å². The van der Waals surface area contributed by atoms with Crippen molar-refractivity contribution in [3.63, 3.8) is 0 Å². The standard InChI is InChI=1S/C18H14BF6/c20-10-4-1-7-19(8-2-5-11-21,9-3-6-12-22)18-16(24)13-15(23)14-17(18)25/h1-14H/q-1/b7-1+,8-2+,9-3+,10-4+,11-5+,12-6+. The molecule has 0 unspecified atom stereocenters. The number of hydrogen-bond donors (Lipinski definition) is 0. The van der Waals surface area contributed by atoms with Gasteiger partial charge in [0.25, 0.3) is 0 Å². The summed E-state index contributed by atoms with van der Waals surface area (Å²) in [7, 11) is 0. The first-order valence-electron chi connectivity index (χ1n) is 7.16. The number of hydrogen-bond acceptors (Lipinski definition) is 0. The van der Waals surface area contributed by atoms with E-state index in [0.717, 1.165) is 18.2 Å². The molecule has 1 aromatic rings. The fourth-order valence-corrected chi connectivity index (χ4v) is 2.38. The lowest BCUT2D eigenvalue weighted by molar-refractivity contribution is 0.553. The van der Waals surface area contributed by atoms with Crippen LogP contribution in [0.15, 0.2) is 85.5 Å². The van der Waals surface area contributed by atoms with Gasteiger partial charge in [0.1, 0.15) is 5.82 Å². The third-order valence-electron chi connectivity index (χ3n) is 3.38. The van der Waals surface area contributed by atoms with E-state index in [2.05, 4.69) is 0 Å². The molecule has 0 saturated heterocycles. The average molecular weight is 355 g/mol. The Labute approximate surface area is 141 Å². The molecule has 0 N–H and O–H groups in total. The van der Waals surface area contributed by atoms with Gasteiger partial charge in [-0.25, -0.2) is 44.3 Å². The highest BCUT2D eigenvalue weighted by atomic mass is 19.2. The molecule has 0 aliphatic carbocycles. The van der Waals surface area contributed by atoms with Crippen LogP contribution in [0.2, 0.25) is 0 Å². The Balaban J connectivity index is 3.72. The summed E-state index contributed by atoms with van der Waals surface area (Å²) in [6, 6.07) is 0.983. The molecule has 0 aliphatic rings. The second-order valence-electron chi connectivity index (χ2n) is 4.97. The molecule has 0 bridgehead atoms. The van der Waals surface area contributed by atoms with E-state index in [1.807, 2.05) is 0 Å². The molecule has 0 aliphatic heterocycles. The van der Waals surface area contributed by atoms with Crippen LogP contribution in [-0.4, -0.2) is 6.15 Å². The van der Waals surface area contributed by atoms with E-state index in [-0.39, 0.29) is 19.0 Å². The topological polar surface area (TPSA) is 0 Å². The molecule has 0 aromatic heterocycles. The summed E-state index contributed by atoms with van der Waals surface area (Å²) in [5.74, 6) is 0.265. The van der Waals surface area contributed by atoms with E-state index < -0.39 is 29.1 Å². The predicted molar refractivity (Wildman–Crippen MR) is 89.9 cm³/mol. The zero-order valence-corrected chi connectivity index (χ0v) is 12.9. The summed E-state index contributed by atoms with van der Waals surface area (Å²) in [5.41, 5.74) is -0.531. The molecule has 0 spiro atoms. The normalized spacial score (nSPS) is 13.8. The van der Waals surface area contributed by atoms with Crippen molar-refractivity contribution < 1.29 is 26.3 Å². The van der Waals surface area contributed by atoms with Crippen LogP contribution in [0, 0.1) is 17.5 Å². The highest BCUT2D eigenvalue weighted by Gasteiger charge is 2.24. The number of benzene rings is 1. The van der Waals surface area contributed by atoms with Crippen LogP contribution in [0.4, 0.5) is 26.3 Å². The van der Waals surface area contributed by atoms with Crippen molar-refractivity contribution in [3.8, 4) is 0 Å². The lowest BCUT2D eigenvalue weighted by Crippen LogP contribution is -2.47. The van der Waals surface area contributed by atoms with E-state index in [4.69, 9.17) is 0 Å². The van der Waals surface area contributed by atoms with Crippen molar-refractivity contribution in [2.24, 2.45) is 0 Å². The molecular weight excluding hydrogens is 341 g/mol. The van der Waals surface area contributed by atoms with Crippen molar-refractivity contribution in [2.75, 3.05) is 0 Å². The smallest absolute Gasteiger partial charge is 0.128 e. The van der Waals surface area contributed by atoms with Gasteiger partial charge in [0.15, 0.2) is 0 Å². The summed E-state index contributed by atoms with van der Waals surface area (Å²) >= 11 is 0. The maximum atomic E-state index is 14.3. The molecule has 0 atom stereocenters. The zero-order valence-electron chi connectivity index (χ0n) is 12.9. The van der Waals surface area contributed by atoms with E-state index in [0.29, 0.717) is 12.1 Å². The van der Waals surface area contributed by atoms with Crippen LogP contribution in [0.5, 0.6) is 0 Å². The third-order valence-corrected chi connectivity index (χ3v) is 3.38. The Morgan fingerprint density at radius 2 is 0.960 bits per heavy atom. The second-order valence-corrected chi connectivity index (χ2v) is 4.97. The lowest BCUT2D eigenvalue weighted by atomic mass is 9.21. The van der Waals surface area contributed by atoms with Crippen LogP contribution in [0.1, 0.15) is 0 Å². The van der Waals surface area contributed by atoms with Gasteiger partial charge in [-0.1, -0.05) is 0 Å². The van der Waals surface area contributed by atoms with Gasteiger partial charge in [0.05, 0.1) is 36.8 Å². The summed E-state index contributed by atoms with van der Waals surface area (Å²) in [4.78, 5) is 0. The maximum absolute atomic E-state index is 14.3. The molecular formula is C18H14BF6-. The minimum atomic E-state index is -2.51. The lowest BCUT2D eigenvalue weighted by Gasteiger charge is -2.32. The fourth-order valence-electron chi connectivity index (χ4n) is 2.38. The quantitative estimate of drug-likeness (QED) is 0.344. The molecule has 0 saturated carbocycles. The predicted octanol–water partition coefficient (Wildman–Crippen LogP) is 5.50. The van der Waals surface area contributed by atoms with Crippen LogP contribution in [0.25, 0.3) is 0 Å². The van der Waals surface area contributed by atoms with Gasteiger partial charge in [-0.3, -0.25) is 0 Å². The SMILES string of the molecule is F/C=C/C=C/[B-](/C=C/C=C/F)(/C=C/C=C/F)c1c(F)cc(F)cc1F. The van der Waals surface area contributed by atoms with Crippen molar-refractivity contribution >= 4 is 11.6 Å². The molecule has 0 amide bonds. The summed E-state index contributed by atoms with van der Waals surface area (Å²) in [5, 5.41) is 0. The first kappa shape index (κ1) is 20.3. The molecule has 25 heavy (non-hydrogen) atoms. The van der Waals surface area contributed by atoms with Crippen molar-refractivity contribution in [1.29, 1.82) is 0 Å². The van der Waals surface area contributed by atoms with Crippen molar-refractivity contribution in [3.05, 3.63) is 103 Å². The average Bonchev–Trinajstić information content (AvgIpc) is 2.54. The van der Waals surface area contributed by atoms with Gasteiger partial charge < -0.3 is 0 Å². The minimum Gasteiger partial charge on any atom is -0.232 e. The van der Waals surface area contributed by atoms with Gasteiger partial charge in [0.2, 0.25) is 0 Å². The Morgan fingerprint density at radius 1 is 0.600 bits per heavy atom. The molecule has 1 aromatic carbocycles. The summed E-state index contributed by atoms with van der Waals surface area (Å²) < 4.78 is 78.4. The van der Waals surface area contributed by atoms with Gasteiger partial charge in [-0.15, -0.1) is 23.7 Å². The first-order valence-corrected chi connectivity index (χ1v) is 7.16. The third kappa shape index (κ3) is 5.71. The van der Waals surface area contributed by atoms with Gasteiger partial charge in [0, 0.05) is 12.1 Å².